The molecule has 0 aliphatic carbocycles. The molecule has 1 rings (SSSR count). The highest BCUT2D eigenvalue weighted by Gasteiger charge is 2.32. The first kappa shape index (κ1) is 11.8. The number of hydrogen-bond acceptors (Lipinski definition) is 2. The number of halogens is 4. The Bertz CT molecular complexity index is 335. The van der Waals surface area contributed by atoms with Gasteiger partial charge in [0, 0.05) is 7.11 Å². The van der Waals surface area contributed by atoms with E-state index in [0.717, 1.165) is 12.1 Å². The molecule has 15 heavy (non-hydrogen) atoms. The molecule has 1 aromatic rings. The molecule has 0 aliphatic heterocycles. The molecular formula is C9H8F4O2. The third-order valence-electron chi connectivity index (χ3n) is 1.53. The normalized spacial score (nSPS) is 11.5. The summed E-state index contributed by atoms with van der Waals surface area (Å²) in [5.41, 5.74) is 0.401. The molecule has 0 heterocycles. The van der Waals surface area contributed by atoms with Crippen LogP contribution in [0, 0.1) is 5.82 Å². The highest BCUT2D eigenvalue weighted by atomic mass is 19.4. The van der Waals surface area contributed by atoms with Crippen LogP contribution in [0.25, 0.3) is 0 Å². The van der Waals surface area contributed by atoms with E-state index in [1.807, 2.05) is 0 Å². The Labute approximate surface area is 83.4 Å². The lowest BCUT2D eigenvalue weighted by Crippen LogP contribution is -2.18. The number of ether oxygens (including phenoxy) is 2. The van der Waals surface area contributed by atoms with Crippen molar-refractivity contribution in [2.75, 3.05) is 7.11 Å². The van der Waals surface area contributed by atoms with E-state index >= 15 is 0 Å². The highest BCUT2D eigenvalue weighted by Crippen LogP contribution is 2.26. The van der Waals surface area contributed by atoms with Crippen LogP contribution in [0.15, 0.2) is 18.2 Å². The predicted molar refractivity (Wildman–Crippen MR) is 43.8 cm³/mol. The Hall–Kier alpha value is -1.30. The summed E-state index contributed by atoms with van der Waals surface area (Å²) < 4.78 is 56.5. The number of benzene rings is 1. The van der Waals surface area contributed by atoms with Crippen LogP contribution in [-0.4, -0.2) is 13.5 Å². The van der Waals surface area contributed by atoms with Gasteiger partial charge in [0.05, 0.1) is 6.61 Å². The van der Waals surface area contributed by atoms with Crippen molar-refractivity contribution in [3.63, 3.8) is 0 Å². The molecule has 84 valence electrons. The summed E-state index contributed by atoms with van der Waals surface area (Å²) in [5.74, 6) is -1.91. The van der Waals surface area contributed by atoms with E-state index in [-0.39, 0.29) is 6.61 Å². The van der Waals surface area contributed by atoms with Crippen LogP contribution < -0.4 is 4.74 Å². The van der Waals surface area contributed by atoms with Crippen molar-refractivity contribution in [3.05, 3.63) is 29.6 Å². The highest BCUT2D eigenvalue weighted by molar-refractivity contribution is 5.30. The van der Waals surface area contributed by atoms with Crippen LogP contribution in [0.2, 0.25) is 0 Å². The van der Waals surface area contributed by atoms with Crippen LogP contribution in [0.3, 0.4) is 0 Å². The Morgan fingerprint density at radius 1 is 1.27 bits per heavy atom. The van der Waals surface area contributed by atoms with Gasteiger partial charge in [-0.2, -0.15) is 0 Å². The van der Waals surface area contributed by atoms with Crippen LogP contribution in [0.4, 0.5) is 17.6 Å². The fourth-order valence-electron chi connectivity index (χ4n) is 1.01. The summed E-state index contributed by atoms with van der Waals surface area (Å²) in [6.45, 7) is 0.0918. The third-order valence-corrected chi connectivity index (χ3v) is 1.53. The molecule has 2 nitrogen and oxygen atoms in total. The average Bonchev–Trinajstić information content (AvgIpc) is 2.09. The summed E-state index contributed by atoms with van der Waals surface area (Å²) in [6.07, 6.45) is -4.90. The van der Waals surface area contributed by atoms with Crippen molar-refractivity contribution in [2.45, 2.75) is 13.0 Å². The van der Waals surface area contributed by atoms with Gasteiger partial charge in [0.25, 0.3) is 0 Å². The van der Waals surface area contributed by atoms with E-state index in [9.17, 15) is 17.6 Å². The van der Waals surface area contributed by atoms with Crippen molar-refractivity contribution in [3.8, 4) is 5.75 Å². The molecule has 0 bridgehead atoms. The standard InChI is InChI=1S/C9H8F4O2/c1-14-5-6-2-3-7(10)8(4-6)15-9(11,12)13/h2-4H,5H2,1H3. The van der Waals surface area contributed by atoms with E-state index in [0.29, 0.717) is 5.56 Å². The van der Waals surface area contributed by atoms with Gasteiger partial charge in [-0.25, -0.2) is 4.39 Å². The van der Waals surface area contributed by atoms with Gasteiger partial charge in [0.15, 0.2) is 11.6 Å². The number of hydrogen-bond donors (Lipinski definition) is 0. The summed E-state index contributed by atoms with van der Waals surface area (Å²) in [6, 6.07) is 3.17. The summed E-state index contributed by atoms with van der Waals surface area (Å²) in [4.78, 5) is 0. The van der Waals surface area contributed by atoms with Gasteiger partial charge in [-0.05, 0) is 17.7 Å². The van der Waals surface area contributed by atoms with E-state index in [4.69, 9.17) is 4.74 Å². The van der Waals surface area contributed by atoms with Crippen molar-refractivity contribution in [1.29, 1.82) is 0 Å². The lowest BCUT2D eigenvalue weighted by molar-refractivity contribution is -0.275. The fraction of sp³-hybridized carbons (Fsp3) is 0.333. The first-order valence-electron chi connectivity index (χ1n) is 3.95. The zero-order valence-electron chi connectivity index (χ0n) is 7.77. The number of methoxy groups -OCH3 is 1. The minimum Gasteiger partial charge on any atom is -0.403 e. The second kappa shape index (κ2) is 4.48. The van der Waals surface area contributed by atoms with E-state index in [2.05, 4.69) is 4.74 Å². The zero-order valence-corrected chi connectivity index (χ0v) is 7.77. The Kier molecular flexibility index (Phi) is 3.52. The molecule has 0 radical (unpaired) electrons. The van der Waals surface area contributed by atoms with Crippen LogP contribution in [-0.2, 0) is 11.3 Å². The Morgan fingerprint density at radius 3 is 2.47 bits per heavy atom. The summed E-state index contributed by atoms with van der Waals surface area (Å²) in [7, 11) is 1.38. The first-order chi connectivity index (χ1) is 6.92. The van der Waals surface area contributed by atoms with Crippen molar-refractivity contribution < 1.29 is 27.0 Å². The Balaban J connectivity index is 2.90. The van der Waals surface area contributed by atoms with Gasteiger partial charge >= 0.3 is 6.36 Å². The maximum Gasteiger partial charge on any atom is 0.573 e. The molecule has 1 aromatic carbocycles. The second-order valence-corrected chi connectivity index (χ2v) is 2.75. The molecule has 0 atom stereocenters. The van der Waals surface area contributed by atoms with Gasteiger partial charge < -0.3 is 9.47 Å². The lowest BCUT2D eigenvalue weighted by Gasteiger charge is -2.10. The maximum absolute atomic E-state index is 12.9. The monoisotopic (exact) mass is 224 g/mol. The fourth-order valence-corrected chi connectivity index (χ4v) is 1.01. The quantitative estimate of drug-likeness (QED) is 0.735. The summed E-state index contributed by atoms with van der Waals surface area (Å²) >= 11 is 0. The van der Waals surface area contributed by atoms with Gasteiger partial charge in [-0.1, -0.05) is 6.07 Å². The third kappa shape index (κ3) is 3.75. The molecule has 0 fully saturated rings. The molecule has 6 heteroatoms. The maximum atomic E-state index is 12.9. The molecule has 0 N–H and O–H groups in total. The second-order valence-electron chi connectivity index (χ2n) is 2.75. The van der Waals surface area contributed by atoms with Crippen molar-refractivity contribution >= 4 is 0 Å². The van der Waals surface area contributed by atoms with E-state index in [1.54, 1.807) is 0 Å². The van der Waals surface area contributed by atoms with Gasteiger partial charge in [0.2, 0.25) is 0 Å². The molecule has 0 spiro atoms. The van der Waals surface area contributed by atoms with Crippen molar-refractivity contribution in [2.24, 2.45) is 0 Å². The molecule has 0 saturated heterocycles. The Morgan fingerprint density at radius 2 is 1.93 bits per heavy atom. The smallest absolute Gasteiger partial charge is 0.403 e. The largest absolute Gasteiger partial charge is 0.573 e. The van der Waals surface area contributed by atoms with Crippen LogP contribution in [0.5, 0.6) is 5.75 Å². The van der Waals surface area contributed by atoms with Crippen molar-refractivity contribution in [1.82, 2.24) is 0 Å². The zero-order chi connectivity index (χ0) is 11.5. The topological polar surface area (TPSA) is 18.5 Å². The van der Waals surface area contributed by atoms with Gasteiger partial charge in [0.1, 0.15) is 0 Å². The predicted octanol–water partition coefficient (Wildman–Crippen LogP) is 2.87. The molecule has 0 amide bonds. The van der Waals surface area contributed by atoms with Gasteiger partial charge in [-0.3, -0.25) is 0 Å². The molecular weight excluding hydrogens is 216 g/mol. The first-order valence-corrected chi connectivity index (χ1v) is 3.95. The van der Waals surface area contributed by atoms with Crippen LogP contribution in [0.1, 0.15) is 5.56 Å². The number of alkyl halides is 3. The van der Waals surface area contributed by atoms with E-state index < -0.39 is 17.9 Å². The summed E-state index contributed by atoms with van der Waals surface area (Å²) in [5, 5.41) is 0. The molecule has 0 unspecified atom stereocenters. The number of rotatable bonds is 3. The van der Waals surface area contributed by atoms with Crippen LogP contribution >= 0.6 is 0 Å². The van der Waals surface area contributed by atoms with Gasteiger partial charge in [-0.15, -0.1) is 13.2 Å². The van der Waals surface area contributed by atoms with E-state index in [1.165, 1.54) is 13.2 Å². The molecule has 0 aliphatic rings. The molecule has 0 saturated carbocycles. The SMILES string of the molecule is COCc1ccc(F)c(OC(F)(F)F)c1. The molecule has 0 aromatic heterocycles. The minimum absolute atomic E-state index is 0.0918. The lowest BCUT2D eigenvalue weighted by atomic mass is 10.2. The minimum atomic E-state index is -4.90. The average molecular weight is 224 g/mol.